The van der Waals surface area contributed by atoms with Crippen LogP contribution in [0.15, 0.2) is 29.8 Å². The quantitative estimate of drug-likeness (QED) is 0.388. The van der Waals surface area contributed by atoms with Gasteiger partial charge in [0, 0.05) is 23.1 Å². The molecule has 1 N–H and O–H groups in total. The Kier molecular flexibility index (Phi) is 8.64. The van der Waals surface area contributed by atoms with Crippen LogP contribution in [-0.2, 0) is 14.9 Å². The molecule has 8 heteroatoms. The molecule has 0 aliphatic carbocycles. The Hall–Kier alpha value is -2.45. The average Bonchev–Trinajstić information content (AvgIpc) is 3.42. The van der Waals surface area contributed by atoms with Gasteiger partial charge in [0.15, 0.2) is 0 Å². The Morgan fingerprint density at radius 3 is 2.26 bits per heavy atom. The third kappa shape index (κ3) is 6.49. The molecule has 0 spiro atoms. The number of likely N-dealkylation sites (tertiary alicyclic amines) is 1. The zero-order valence-corrected chi connectivity index (χ0v) is 26.2. The van der Waals surface area contributed by atoms with E-state index in [2.05, 4.69) is 25.8 Å². The monoisotopic (exact) mass is 558 g/mol. The maximum Gasteiger partial charge on any atom is 0.332 e. The second-order valence-electron chi connectivity index (χ2n) is 13.8. The molecule has 1 aliphatic heterocycles. The fourth-order valence-electron chi connectivity index (χ4n) is 5.72. The number of ether oxygens (including phenoxy) is 2. The summed E-state index contributed by atoms with van der Waals surface area (Å²) in [6.45, 7) is 19.3. The molecule has 1 aliphatic rings. The summed E-state index contributed by atoms with van der Waals surface area (Å²) in [5.41, 5.74) is -2.03. The molecule has 216 valence electrons. The van der Waals surface area contributed by atoms with Gasteiger partial charge in [-0.05, 0) is 76.5 Å². The van der Waals surface area contributed by atoms with E-state index in [9.17, 15) is 14.7 Å². The molecule has 1 saturated heterocycles. The second-order valence-corrected chi connectivity index (χ2v) is 14.7. The summed E-state index contributed by atoms with van der Waals surface area (Å²) in [7, 11) is 1.60. The number of rotatable bonds is 7. The SMILES string of the molecule is COc1cc(C(=O)N2[C@@H](c3nccs3)[C@@H](C(C)(C)O)C[C@@]2(CC(C)C)C(=O)OC(C)(C)C)ccc1C(C)(C)C. The molecule has 1 aromatic carbocycles. The van der Waals surface area contributed by atoms with Crippen molar-refractivity contribution < 1.29 is 24.2 Å². The minimum Gasteiger partial charge on any atom is -0.496 e. The molecule has 2 aromatic rings. The van der Waals surface area contributed by atoms with E-state index in [0.717, 1.165) is 5.56 Å². The standard InChI is InChI=1S/C31H46N2O5S/c1-19(2)17-31(27(35)38-29(6,7)8)18-22(30(9,10)36)24(25-32-14-15-39-25)33(31)26(34)20-12-13-21(28(3,4)5)23(16-20)37-11/h12-16,19,22,24,36H,17-18H2,1-11H3/t22-,24+,31-/m0/s1. The number of nitrogens with zero attached hydrogens (tertiary/aromatic N) is 2. The van der Waals surface area contributed by atoms with Crippen LogP contribution in [0.4, 0.5) is 0 Å². The third-order valence-corrected chi connectivity index (χ3v) is 8.14. The maximum atomic E-state index is 14.7. The third-order valence-electron chi connectivity index (χ3n) is 7.29. The van der Waals surface area contributed by atoms with Gasteiger partial charge in [0.25, 0.3) is 5.91 Å². The number of thiazole rings is 1. The van der Waals surface area contributed by atoms with Crippen LogP contribution in [0.3, 0.4) is 0 Å². The predicted molar refractivity (Wildman–Crippen MR) is 155 cm³/mol. The molecule has 0 radical (unpaired) electrons. The number of methoxy groups -OCH3 is 1. The number of carbonyl (C=O) groups excluding carboxylic acids is 2. The first-order valence-corrected chi connectivity index (χ1v) is 14.6. The van der Waals surface area contributed by atoms with Crippen molar-refractivity contribution in [3.8, 4) is 5.75 Å². The van der Waals surface area contributed by atoms with Crippen molar-refractivity contribution in [3.05, 3.63) is 45.9 Å². The van der Waals surface area contributed by atoms with Gasteiger partial charge >= 0.3 is 5.97 Å². The lowest BCUT2D eigenvalue weighted by Crippen LogP contribution is -2.56. The highest BCUT2D eigenvalue weighted by Gasteiger charge is 2.63. The van der Waals surface area contributed by atoms with Crippen molar-refractivity contribution in [2.45, 2.75) is 110 Å². The molecule has 0 bridgehead atoms. The van der Waals surface area contributed by atoms with Crippen molar-refractivity contribution in [2.24, 2.45) is 11.8 Å². The minimum absolute atomic E-state index is 0.0723. The van der Waals surface area contributed by atoms with Gasteiger partial charge in [0.2, 0.25) is 0 Å². The van der Waals surface area contributed by atoms with Gasteiger partial charge in [0.1, 0.15) is 21.9 Å². The molecular weight excluding hydrogens is 512 g/mol. The summed E-state index contributed by atoms with van der Waals surface area (Å²) in [6.07, 6.45) is 2.34. The van der Waals surface area contributed by atoms with Crippen molar-refractivity contribution in [1.82, 2.24) is 9.88 Å². The highest BCUT2D eigenvalue weighted by molar-refractivity contribution is 7.09. The Labute approximate surface area is 237 Å². The Morgan fingerprint density at radius 1 is 1.15 bits per heavy atom. The molecule has 3 rings (SSSR count). The zero-order valence-electron chi connectivity index (χ0n) is 25.4. The lowest BCUT2D eigenvalue weighted by Gasteiger charge is -2.41. The summed E-state index contributed by atoms with van der Waals surface area (Å²) >= 11 is 1.42. The van der Waals surface area contributed by atoms with Gasteiger partial charge in [-0.2, -0.15) is 0 Å². The maximum absolute atomic E-state index is 14.7. The Bertz CT molecular complexity index is 1170. The van der Waals surface area contributed by atoms with E-state index in [4.69, 9.17) is 9.47 Å². The van der Waals surface area contributed by atoms with Gasteiger partial charge in [-0.3, -0.25) is 4.79 Å². The van der Waals surface area contributed by atoms with Crippen LogP contribution in [0.25, 0.3) is 0 Å². The summed E-state index contributed by atoms with van der Waals surface area (Å²) in [5, 5.41) is 14.0. The fraction of sp³-hybridized carbons (Fsp3) is 0.645. The molecule has 7 nitrogen and oxygen atoms in total. The van der Waals surface area contributed by atoms with Gasteiger partial charge in [-0.1, -0.05) is 40.7 Å². The Morgan fingerprint density at radius 2 is 1.79 bits per heavy atom. The molecule has 1 fully saturated rings. The number of hydrogen-bond donors (Lipinski definition) is 1. The average molecular weight is 559 g/mol. The normalized spacial score (nSPS) is 22.3. The summed E-state index contributed by atoms with van der Waals surface area (Å²) in [4.78, 5) is 35.2. The first-order valence-electron chi connectivity index (χ1n) is 13.7. The van der Waals surface area contributed by atoms with E-state index < -0.39 is 34.7 Å². The largest absolute Gasteiger partial charge is 0.496 e. The van der Waals surface area contributed by atoms with Crippen molar-refractivity contribution in [1.29, 1.82) is 0 Å². The van der Waals surface area contributed by atoms with E-state index >= 15 is 0 Å². The van der Waals surface area contributed by atoms with E-state index in [1.165, 1.54) is 11.3 Å². The zero-order chi connectivity index (χ0) is 29.6. The molecule has 1 aromatic heterocycles. The molecule has 0 saturated carbocycles. The van der Waals surface area contributed by atoms with Crippen LogP contribution in [0, 0.1) is 11.8 Å². The number of esters is 1. The van der Waals surface area contributed by atoms with Crippen LogP contribution in [0.1, 0.15) is 109 Å². The lowest BCUT2D eigenvalue weighted by molar-refractivity contribution is -0.168. The molecule has 0 unspecified atom stereocenters. The number of aliphatic hydroxyl groups is 1. The van der Waals surface area contributed by atoms with Crippen LogP contribution in [0.2, 0.25) is 0 Å². The van der Waals surface area contributed by atoms with Crippen molar-refractivity contribution >= 4 is 23.2 Å². The first-order chi connectivity index (χ1) is 17.8. The minimum atomic E-state index is -1.30. The molecule has 39 heavy (non-hydrogen) atoms. The van der Waals surface area contributed by atoms with E-state index in [-0.39, 0.29) is 23.7 Å². The predicted octanol–water partition coefficient (Wildman–Crippen LogP) is 6.55. The van der Waals surface area contributed by atoms with E-state index in [1.807, 2.05) is 46.1 Å². The van der Waals surface area contributed by atoms with Gasteiger partial charge in [-0.25, -0.2) is 9.78 Å². The van der Waals surface area contributed by atoms with E-state index in [0.29, 0.717) is 22.7 Å². The van der Waals surface area contributed by atoms with Gasteiger partial charge < -0.3 is 19.5 Å². The summed E-state index contributed by atoms with van der Waals surface area (Å²) < 4.78 is 11.7. The molecule has 1 amide bonds. The number of amides is 1. The lowest BCUT2D eigenvalue weighted by atomic mass is 9.78. The van der Waals surface area contributed by atoms with E-state index in [1.54, 1.807) is 44.2 Å². The highest BCUT2D eigenvalue weighted by Crippen LogP contribution is 2.54. The highest BCUT2D eigenvalue weighted by atomic mass is 32.1. The number of aromatic nitrogens is 1. The first kappa shape index (κ1) is 31.1. The smallest absolute Gasteiger partial charge is 0.332 e. The Balaban J connectivity index is 2.31. The topological polar surface area (TPSA) is 89.0 Å². The molecular formula is C31H46N2O5S. The van der Waals surface area contributed by atoms with Crippen molar-refractivity contribution in [3.63, 3.8) is 0 Å². The van der Waals surface area contributed by atoms with Crippen molar-refractivity contribution in [2.75, 3.05) is 7.11 Å². The van der Waals surface area contributed by atoms with Crippen LogP contribution < -0.4 is 4.74 Å². The van der Waals surface area contributed by atoms with Crippen LogP contribution in [0.5, 0.6) is 5.75 Å². The van der Waals surface area contributed by atoms with Gasteiger partial charge in [0.05, 0.1) is 18.8 Å². The summed E-state index contributed by atoms with van der Waals surface area (Å²) in [6, 6.07) is 4.87. The summed E-state index contributed by atoms with van der Waals surface area (Å²) in [5.74, 6) is -0.530. The van der Waals surface area contributed by atoms with Crippen LogP contribution in [-0.4, -0.2) is 50.7 Å². The van der Waals surface area contributed by atoms with Gasteiger partial charge in [-0.15, -0.1) is 11.3 Å². The second kappa shape index (κ2) is 10.8. The number of carbonyl (C=O) groups is 2. The fourth-order valence-corrected chi connectivity index (χ4v) is 6.51. The van der Waals surface area contributed by atoms with Crippen LogP contribution >= 0.6 is 11.3 Å². The molecule has 3 atom stereocenters. The number of hydrogen-bond acceptors (Lipinski definition) is 7. The molecule has 2 heterocycles. The number of benzene rings is 1.